The number of anilines is 2. The number of nitrogens with two attached hydrogens (primary N) is 1. The molecule has 0 aromatic carbocycles. The van der Waals surface area contributed by atoms with Gasteiger partial charge in [0.2, 0.25) is 5.95 Å². The van der Waals surface area contributed by atoms with Gasteiger partial charge in [0, 0.05) is 31.3 Å². The summed E-state index contributed by atoms with van der Waals surface area (Å²) in [6.45, 7) is 2.83. The maximum Gasteiger partial charge on any atom is 0.293 e. The molecule has 0 saturated carbocycles. The summed E-state index contributed by atoms with van der Waals surface area (Å²) >= 11 is 0. The predicted octanol–water partition coefficient (Wildman–Crippen LogP) is 0.757. The number of rotatable bonds is 11. The summed E-state index contributed by atoms with van der Waals surface area (Å²) in [5.74, 6) is 0.905. The van der Waals surface area contributed by atoms with Crippen molar-refractivity contribution in [2.24, 2.45) is 0 Å². The number of ether oxygens (including phenoxy) is 3. The third kappa shape index (κ3) is 4.75. The van der Waals surface area contributed by atoms with Gasteiger partial charge < -0.3 is 29.8 Å². The normalized spacial score (nSPS) is 21.1. The van der Waals surface area contributed by atoms with Gasteiger partial charge in [0.25, 0.3) is 18.8 Å². The minimum atomic E-state index is -1.08. The number of fused-ring (bicyclic) bond motifs is 1. The lowest BCUT2D eigenvalue weighted by Gasteiger charge is -2.21. The molecule has 5 heterocycles. The van der Waals surface area contributed by atoms with Crippen LogP contribution in [0.4, 0.5) is 11.8 Å². The number of imidazole rings is 1. The quantitative estimate of drug-likeness (QED) is 0.269. The predicted molar refractivity (Wildman–Crippen MR) is 125 cm³/mol. The monoisotopic (exact) mass is 509 g/mol. The topological polar surface area (TPSA) is 195 Å². The molecule has 1 saturated heterocycles. The van der Waals surface area contributed by atoms with Crippen LogP contribution in [0.1, 0.15) is 36.7 Å². The molecule has 4 aromatic rings. The highest BCUT2D eigenvalue weighted by atomic mass is 16.6. The Kier molecular flexibility index (Phi) is 6.85. The fourth-order valence-corrected chi connectivity index (χ4v) is 4.06. The van der Waals surface area contributed by atoms with Crippen molar-refractivity contribution in [2.45, 2.75) is 44.3 Å². The number of hydrogen-bond donors (Lipinski definition) is 2. The number of pyridine rings is 1. The molecule has 15 nitrogen and oxygen atoms in total. The van der Waals surface area contributed by atoms with Gasteiger partial charge in [-0.3, -0.25) is 19.1 Å². The molecule has 4 aromatic heterocycles. The third-order valence-corrected chi connectivity index (χ3v) is 5.77. The zero-order valence-corrected chi connectivity index (χ0v) is 19.6. The van der Waals surface area contributed by atoms with Crippen LogP contribution in [0.3, 0.4) is 0 Å². The fourth-order valence-electron chi connectivity index (χ4n) is 4.06. The number of carbonyl (C=O) groups is 2. The molecule has 1 aliphatic heterocycles. The maximum atomic E-state index is 11.4. The van der Waals surface area contributed by atoms with E-state index in [-0.39, 0.29) is 30.6 Å². The van der Waals surface area contributed by atoms with E-state index < -0.39 is 24.5 Å². The molecular weight excluding hydrogens is 486 g/mol. The molecule has 1 aliphatic rings. The molecule has 0 bridgehead atoms. The van der Waals surface area contributed by atoms with Crippen LogP contribution < -0.4 is 11.1 Å². The van der Waals surface area contributed by atoms with E-state index >= 15 is 0 Å². The van der Waals surface area contributed by atoms with Gasteiger partial charge in [0.1, 0.15) is 5.52 Å². The summed E-state index contributed by atoms with van der Waals surface area (Å²) in [7, 11) is 0. The van der Waals surface area contributed by atoms with E-state index in [2.05, 4.69) is 35.4 Å². The Morgan fingerprint density at radius 2 is 1.97 bits per heavy atom. The number of aryl methyl sites for hydroxylation is 1. The van der Waals surface area contributed by atoms with Gasteiger partial charge in [0.15, 0.2) is 41.8 Å². The van der Waals surface area contributed by atoms with E-state index in [9.17, 15) is 9.59 Å². The van der Waals surface area contributed by atoms with Crippen molar-refractivity contribution < 1.29 is 28.3 Å². The summed E-state index contributed by atoms with van der Waals surface area (Å²) in [6.07, 6.45) is 0.109. The van der Waals surface area contributed by atoms with E-state index in [1.807, 2.05) is 25.1 Å². The zero-order valence-electron chi connectivity index (χ0n) is 19.6. The zero-order chi connectivity index (χ0) is 25.8. The van der Waals surface area contributed by atoms with Crippen LogP contribution in [0.2, 0.25) is 0 Å². The van der Waals surface area contributed by atoms with Crippen LogP contribution in [-0.2, 0) is 36.6 Å². The van der Waals surface area contributed by atoms with Gasteiger partial charge in [-0.05, 0) is 12.1 Å². The molecule has 37 heavy (non-hydrogen) atoms. The van der Waals surface area contributed by atoms with Gasteiger partial charge in [-0.25, -0.2) is 4.98 Å². The second-order valence-corrected chi connectivity index (χ2v) is 8.00. The molecule has 0 spiro atoms. The lowest BCUT2D eigenvalue weighted by molar-refractivity contribution is -0.151. The molecule has 0 aliphatic carbocycles. The second-order valence-electron chi connectivity index (χ2n) is 8.00. The highest BCUT2D eigenvalue weighted by molar-refractivity contribution is 5.83. The van der Waals surface area contributed by atoms with E-state index in [0.29, 0.717) is 36.4 Å². The first-order chi connectivity index (χ1) is 18.1. The summed E-state index contributed by atoms with van der Waals surface area (Å²) in [6, 6.07) is 5.67. The molecule has 1 fully saturated rings. The lowest BCUT2D eigenvalue weighted by atomic mass is 10.1. The summed E-state index contributed by atoms with van der Waals surface area (Å²) < 4.78 is 23.5. The SMILES string of the molecule is CCc1noc([C@H]2O[C@@H](n3cnc4c(N)nc(NCCc5ccccn5)nc43)[C@H](OC=O)[C@@H]2OC=O)n1. The number of hydrogen-bond acceptors (Lipinski definition) is 14. The summed E-state index contributed by atoms with van der Waals surface area (Å²) in [5, 5.41) is 6.99. The molecule has 5 rings (SSSR count). The number of nitrogens with one attached hydrogen (secondary N) is 1. The average Bonchev–Trinajstić information content (AvgIpc) is 3.63. The van der Waals surface area contributed by atoms with Crippen molar-refractivity contribution in [1.29, 1.82) is 0 Å². The molecule has 0 unspecified atom stereocenters. The van der Waals surface area contributed by atoms with Crippen LogP contribution in [0, 0.1) is 0 Å². The second kappa shape index (κ2) is 10.5. The molecule has 0 radical (unpaired) electrons. The van der Waals surface area contributed by atoms with Gasteiger partial charge in [-0.1, -0.05) is 18.1 Å². The van der Waals surface area contributed by atoms with Gasteiger partial charge in [-0.15, -0.1) is 0 Å². The molecule has 3 N–H and O–H groups in total. The van der Waals surface area contributed by atoms with E-state index in [4.69, 9.17) is 24.5 Å². The Bertz CT molecular complexity index is 1380. The minimum absolute atomic E-state index is 0.0705. The molecule has 4 atom stereocenters. The van der Waals surface area contributed by atoms with Crippen molar-refractivity contribution in [1.82, 2.24) is 34.6 Å². The van der Waals surface area contributed by atoms with Crippen LogP contribution >= 0.6 is 0 Å². The summed E-state index contributed by atoms with van der Waals surface area (Å²) in [4.78, 5) is 44.3. The van der Waals surface area contributed by atoms with Crippen molar-refractivity contribution in [3.63, 3.8) is 0 Å². The Morgan fingerprint density at radius 1 is 1.14 bits per heavy atom. The van der Waals surface area contributed by atoms with Crippen molar-refractivity contribution in [2.75, 3.05) is 17.6 Å². The van der Waals surface area contributed by atoms with Gasteiger partial charge in [0.05, 0.1) is 6.33 Å². The fraction of sp³-hybridized carbons (Fsp3) is 0.364. The largest absolute Gasteiger partial charge is 0.457 e. The Labute approximate surface area is 209 Å². The highest BCUT2D eigenvalue weighted by Crippen LogP contribution is 2.42. The Morgan fingerprint density at radius 3 is 2.70 bits per heavy atom. The van der Waals surface area contributed by atoms with Crippen LogP contribution in [0.5, 0.6) is 0 Å². The molecule has 15 heteroatoms. The van der Waals surface area contributed by atoms with Crippen LogP contribution in [0.15, 0.2) is 35.2 Å². The van der Waals surface area contributed by atoms with Gasteiger partial charge in [-0.2, -0.15) is 15.0 Å². The molecular formula is C22H23N9O6. The first-order valence-electron chi connectivity index (χ1n) is 11.4. The highest BCUT2D eigenvalue weighted by Gasteiger charge is 2.52. The minimum Gasteiger partial charge on any atom is -0.457 e. The van der Waals surface area contributed by atoms with Crippen molar-refractivity contribution in [3.8, 4) is 0 Å². The number of aromatic nitrogens is 7. The smallest absolute Gasteiger partial charge is 0.293 e. The molecule has 0 amide bonds. The number of nitrogen functional groups attached to an aromatic ring is 1. The van der Waals surface area contributed by atoms with Gasteiger partial charge >= 0.3 is 0 Å². The first kappa shape index (κ1) is 24.1. The van der Waals surface area contributed by atoms with Crippen molar-refractivity contribution in [3.05, 3.63) is 48.1 Å². The van der Waals surface area contributed by atoms with E-state index in [1.165, 1.54) is 10.9 Å². The van der Waals surface area contributed by atoms with Crippen LogP contribution in [-0.4, -0.2) is 66.3 Å². The van der Waals surface area contributed by atoms with Crippen LogP contribution in [0.25, 0.3) is 11.2 Å². The number of nitrogens with zero attached hydrogens (tertiary/aromatic N) is 7. The average molecular weight is 509 g/mol. The Hall–Kier alpha value is -4.66. The third-order valence-electron chi connectivity index (χ3n) is 5.77. The molecule has 192 valence electrons. The van der Waals surface area contributed by atoms with E-state index in [0.717, 1.165) is 5.69 Å². The van der Waals surface area contributed by atoms with Crippen molar-refractivity contribution >= 4 is 35.9 Å². The Balaban J connectivity index is 1.46. The standard InChI is InChI=1S/C22H23N9O6/c1-2-13-27-20(37-30-13)16-15(34-10-32)17(35-11-33)21(36-16)31-9-26-14-18(23)28-22(29-19(14)31)25-8-6-12-5-3-4-7-24-12/h3-5,7,9-11,15-17,21H,2,6,8H2,1H3,(H3,23,25,28,29)/t15-,16+,17-,21-/m1/s1. The van der Waals surface area contributed by atoms with E-state index in [1.54, 1.807) is 6.20 Å². The summed E-state index contributed by atoms with van der Waals surface area (Å²) in [5.41, 5.74) is 7.67. The first-order valence-corrected chi connectivity index (χ1v) is 11.4. The number of carbonyl (C=O) groups excluding carboxylic acids is 2. The maximum absolute atomic E-state index is 11.4. The lowest BCUT2D eigenvalue weighted by Crippen LogP contribution is -2.34.